The Morgan fingerprint density at radius 3 is 2.00 bits per heavy atom. The van der Waals surface area contributed by atoms with E-state index in [1.807, 2.05) is 19.1 Å². The number of rotatable bonds is 2. The minimum atomic E-state index is 0.0842. The van der Waals surface area contributed by atoms with E-state index in [0.29, 0.717) is 0 Å². The van der Waals surface area contributed by atoms with Gasteiger partial charge in [0.15, 0.2) is 5.78 Å². The van der Waals surface area contributed by atoms with E-state index in [-0.39, 0.29) is 22.5 Å². The first-order valence-corrected chi connectivity index (χ1v) is 7.69. The zero-order valence-corrected chi connectivity index (χ0v) is 14.6. The van der Waals surface area contributed by atoms with Crippen molar-refractivity contribution in [2.75, 3.05) is 0 Å². The summed E-state index contributed by atoms with van der Waals surface area (Å²) in [5.41, 5.74) is 2.09. The van der Waals surface area contributed by atoms with Gasteiger partial charge in [0.05, 0.1) is 0 Å². The van der Waals surface area contributed by atoms with Crippen LogP contribution in [0.15, 0.2) is 21.1 Å². The van der Waals surface area contributed by atoms with Crippen molar-refractivity contribution in [1.29, 1.82) is 0 Å². The average molecular weight is 374 g/mol. The zero-order valence-electron chi connectivity index (χ0n) is 11.4. The maximum absolute atomic E-state index is 12.7. The number of halogens is 2. The fourth-order valence-electron chi connectivity index (χ4n) is 2.84. The molecular formula is C15H18Br2O. The number of ketones is 1. The normalized spacial score (nSPS) is 20.8. The molecule has 3 heteroatoms. The maximum atomic E-state index is 12.7. The fraction of sp³-hybridized carbons (Fsp3) is 0.533. The Kier molecular flexibility index (Phi) is 3.31. The molecular weight excluding hydrogens is 356 g/mol. The number of benzene rings is 1. The van der Waals surface area contributed by atoms with Gasteiger partial charge in [0, 0.05) is 20.4 Å². The van der Waals surface area contributed by atoms with Crippen LogP contribution in [0.2, 0.25) is 0 Å². The summed E-state index contributed by atoms with van der Waals surface area (Å²) in [5, 5.41) is 0. The second kappa shape index (κ2) is 4.17. The molecule has 0 N–H and O–H groups in total. The van der Waals surface area contributed by atoms with Crippen LogP contribution in [-0.4, -0.2) is 5.78 Å². The second-order valence-electron chi connectivity index (χ2n) is 6.32. The number of Topliss-reactive ketones (excluding diaryl/α,β-unsaturated/α-hetero) is 1. The molecule has 18 heavy (non-hydrogen) atoms. The summed E-state index contributed by atoms with van der Waals surface area (Å²) in [7, 11) is 0. The lowest BCUT2D eigenvalue weighted by atomic mass is 10.0. The van der Waals surface area contributed by atoms with Gasteiger partial charge in [-0.15, -0.1) is 0 Å². The summed E-state index contributed by atoms with van der Waals surface area (Å²) >= 11 is 7.01. The zero-order chi connectivity index (χ0) is 13.9. The monoisotopic (exact) mass is 372 g/mol. The molecule has 0 unspecified atom stereocenters. The van der Waals surface area contributed by atoms with E-state index in [0.717, 1.165) is 20.1 Å². The van der Waals surface area contributed by atoms with Gasteiger partial charge in [-0.05, 0) is 35.4 Å². The van der Waals surface area contributed by atoms with Gasteiger partial charge in [0.1, 0.15) is 0 Å². The minimum absolute atomic E-state index is 0.0842. The van der Waals surface area contributed by atoms with Crippen molar-refractivity contribution in [3.05, 3.63) is 32.2 Å². The predicted octanol–water partition coefficient (Wildman–Crippen LogP) is 5.38. The molecule has 0 bridgehead atoms. The predicted molar refractivity (Wildman–Crippen MR) is 82.0 cm³/mol. The van der Waals surface area contributed by atoms with Crippen molar-refractivity contribution < 1.29 is 4.79 Å². The van der Waals surface area contributed by atoms with E-state index in [9.17, 15) is 4.79 Å². The molecule has 0 amide bonds. The Labute approximate surface area is 126 Å². The van der Waals surface area contributed by atoms with Crippen molar-refractivity contribution >= 4 is 37.6 Å². The Bertz CT molecular complexity index is 516. The highest BCUT2D eigenvalue weighted by Crippen LogP contribution is 2.69. The summed E-state index contributed by atoms with van der Waals surface area (Å²) in [6.45, 7) is 10.7. The van der Waals surface area contributed by atoms with E-state index in [1.54, 1.807) is 0 Å². The molecule has 1 aromatic carbocycles. The lowest BCUT2D eigenvalue weighted by Crippen LogP contribution is -2.08. The Morgan fingerprint density at radius 2 is 1.56 bits per heavy atom. The Hall–Kier alpha value is -0.150. The first-order chi connectivity index (χ1) is 8.10. The van der Waals surface area contributed by atoms with Crippen molar-refractivity contribution in [3.8, 4) is 0 Å². The third-order valence-corrected chi connectivity index (χ3v) is 6.31. The van der Waals surface area contributed by atoms with Crippen LogP contribution in [0.5, 0.6) is 0 Å². The topological polar surface area (TPSA) is 17.1 Å². The fourth-order valence-corrected chi connectivity index (χ4v) is 3.84. The number of hydrogen-bond donors (Lipinski definition) is 0. The van der Waals surface area contributed by atoms with Gasteiger partial charge in [-0.1, -0.05) is 59.6 Å². The molecule has 0 saturated heterocycles. The number of carbonyl (C=O) groups excluding carboxylic acids is 1. The highest BCUT2D eigenvalue weighted by Gasteiger charge is 2.68. The molecule has 1 fully saturated rings. The van der Waals surface area contributed by atoms with Crippen LogP contribution in [0, 0.1) is 23.7 Å². The first-order valence-electron chi connectivity index (χ1n) is 6.10. The number of hydrogen-bond acceptors (Lipinski definition) is 1. The summed E-state index contributed by atoms with van der Waals surface area (Å²) in [5.74, 6) is 0.355. The van der Waals surface area contributed by atoms with Gasteiger partial charge in [0.2, 0.25) is 0 Å². The molecule has 1 nitrogen and oxygen atoms in total. The van der Waals surface area contributed by atoms with E-state index in [1.165, 1.54) is 0 Å². The van der Waals surface area contributed by atoms with E-state index in [2.05, 4.69) is 59.6 Å². The smallest absolute Gasteiger partial charge is 0.168 e. The number of aryl methyl sites for hydroxylation is 1. The molecule has 98 valence electrons. The molecule has 0 aliphatic heterocycles. The third-order valence-electron chi connectivity index (χ3n) is 4.80. The van der Waals surface area contributed by atoms with Gasteiger partial charge >= 0.3 is 0 Å². The van der Waals surface area contributed by atoms with Gasteiger partial charge in [-0.3, -0.25) is 4.79 Å². The molecule has 0 heterocycles. The lowest BCUT2D eigenvalue weighted by molar-refractivity contribution is 0.0944. The van der Waals surface area contributed by atoms with Crippen LogP contribution in [0.1, 0.15) is 43.6 Å². The van der Waals surface area contributed by atoms with Crippen molar-refractivity contribution in [3.63, 3.8) is 0 Å². The highest BCUT2D eigenvalue weighted by atomic mass is 79.9. The molecule has 1 saturated carbocycles. The van der Waals surface area contributed by atoms with Crippen LogP contribution < -0.4 is 0 Å². The molecule has 0 aromatic heterocycles. The SMILES string of the molecule is Cc1cc(Br)c(C(=O)C2C(C)(C)C2(C)C)cc1Br. The molecule has 1 aliphatic rings. The van der Waals surface area contributed by atoms with Crippen LogP contribution in [-0.2, 0) is 0 Å². The largest absolute Gasteiger partial charge is 0.294 e. The molecule has 0 atom stereocenters. The van der Waals surface area contributed by atoms with E-state index in [4.69, 9.17) is 0 Å². The quantitative estimate of drug-likeness (QED) is 0.635. The first kappa shape index (κ1) is 14.3. The van der Waals surface area contributed by atoms with Crippen LogP contribution >= 0.6 is 31.9 Å². The van der Waals surface area contributed by atoms with Crippen molar-refractivity contribution in [2.45, 2.75) is 34.6 Å². The molecule has 2 rings (SSSR count). The van der Waals surface area contributed by atoms with Crippen molar-refractivity contribution in [2.24, 2.45) is 16.7 Å². The highest BCUT2D eigenvalue weighted by molar-refractivity contribution is 9.11. The Balaban J connectivity index is 2.41. The summed E-state index contributed by atoms with van der Waals surface area (Å²) < 4.78 is 1.89. The minimum Gasteiger partial charge on any atom is -0.294 e. The lowest BCUT2D eigenvalue weighted by Gasteiger charge is -2.08. The van der Waals surface area contributed by atoms with Gasteiger partial charge in [0.25, 0.3) is 0 Å². The average Bonchev–Trinajstić information content (AvgIpc) is 2.62. The Morgan fingerprint density at radius 1 is 1.06 bits per heavy atom. The van der Waals surface area contributed by atoms with Gasteiger partial charge in [-0.25, -0.2) is 0 Å². The summed E-state index contributed by atoms with van der Waals surface area (Å²) in [6.07, 6.45) is 0. The van der Waals surface area contributed by atoms with Gasteiger partial charge in [-0.2, -0.15) is 0 Å². The standard InChI is InChI=1S/C15H18Br2O/c1-8-6-11(17)9(7-10(8)16)12(18)13-14(2,3)15(13,4)5/h6-7,13H,1-5H3. The second-order valence-corrected chi connectivity index (χ2v) is 8.03. The summed E-state index contributed by atoms with van der Waals surface area (Å²) in [6, 6.07) is 3.94. The number of carbonyl (C=O) groups is 1. The molecule has 1 aliphatic carbocycles. The molecule has 1 aromatic rings. The summed E-state index contributed by atoms with van der Waals surface area (Å²) in [4.78, 5) is 12.7. The van der Waals surface area contributed by atoms with Crippen LogP contribution in [0.25, 0.3) is 0 Å². The maximum Gasteiger partial charge on any atom is 0.168 e. The molecule has 0 spiro atoms. The molecule has 0 radical (unpaired) electrons. The van der Waals surface area contributed by atoms with Gasteiger partial charge < -0.3 is 0 Å². The van der Waals surface area contributed by atoms with E-state index >= 15 is 0 Å². The third kappa shape index (κ3) is 1.90. The van der Waals surface area contributed by atoms with Crippen molar-refractivity contribution in [1.82, 2.24) is 0 Å². The van der Waals surface area contributed by atoms with Crippen LogP contribution in [0.4, 0.5) is 0 Å². The van der Waals surface area contributed by atoms with Crippen LogP contribution in [0.3, 0.4) is 0 Å². The van der Waals surface area contributed by atoms with E-state index < -0.39 is 0 Å².